The molecule has 1 saturated heterocycles. The van der Waals surface area contributed by atoms with Gasteiger partial charge in [-0.25, -0.2) is 9.18 Å². The van der Waals surface area contributed by atoms with Gasteiger partial charge in [0.05, 0.1) is 17.2 Å². The Bertz CT molecular complexity index is 985. The molecule has 180 valence electrons. The number of halogens is 7. The van der Waals surface area contributed by atoms with E-state index in [0.29, 0.717) is 37.1 Å². The quantitative estimate of drug-likeness (QED) is 0.440. The number of benzene rings is 2. The number of aryl methyl sites for hydroxylation is 1. The Morgan fingerprint density at radius 1 is 1.00 bits per heavy atom. The molecule has 2 amide bonds. The highest BCUT2D eigenvalue weighted by Gasteiger charge is 2.37. The third-order valence-electron chi connectivity index (χ3n) is 5.73. The van der Waals surface area contributed by atoms with E-state index in [4.69, 9.17) is 0 Å². The van der Waals surface area contributed by atoms with Crippen molar-refractivity contribution >= 4 is 6.03 Å². The minimum Gasteiger partial charge on any atom is -0.323 e. The standard InChI is InChI=1S/C23H23F7N2O/c1-14-9-18(24)6-7-19(14)20-5-3-4-8-32(20)21(33)31(2)13-15-10-16(22(25,26)27)12-17(11-15)23(28,29)30/h6-7,9-12,20H,3-5,8,13H2,1-2H3. The number of likely N-dealkylation sites (tertiary alicyclic amines) is 1. The first-order valence-corrected chi connectivity index (χ1v) is 10.3. The zero-order chi connectivity index (χ0) is 24.6. The second kappa shape index (κ2) is 9.23. The molecule has 1 fully saturated rings. The van der Waals surface area contributed by atoms with Crippen LogP contribution in [-0.2, 0) is 18.9 Å². The fraction of sp³-hybridized carbons (Fsp3) is 0.435. The molecule has 1 heterocycles. The van der Waals surface area contributed by atoms with E-state index in [1.807, 2.05) is 0 Å². The molecule has 3 nitrogen and oxygen atoms in total. The van der Waals surface area contributed by atoms with Crippen molar-refractivity contribution in [3.8, 4) is 0 Å². The van der Waals surface area contributed by atoms with Crippen LogP contribution in [-0.4, -0.2) is 29.4 Å². The highest BCUT2D eigenvalue weighted by atomic mass is 19.4. The van der Waals surface area contributed by atoms with Crippen molar-refractivity contribution in [3.63, 3.8) is 0 Å². The van der Waals surface area contributed by atoms with Crippen LogP contribution in [0.2, 0.25) is 0 Å². The SMILES string of the molecule is Cc1cc(F)ccc1C1CCCCN1C(=O)N(C)Cc1cc(C(F)(F)F)cc(C(F)(F)F)c1. The molecular formula is C23H23F7N2O. The van der Waals surface area contributed by atoms with Gasteiger partial charge < -0.3 is 9.80 Å². The van der Waals surface area contributed by atoms with Crippen molar-refractivity contribution in [1.29, 1.82) is 0 Å². The van der Waals surface area contributed by atoms with Gasteiger partial charge in [0.2, 0.25) is 0 Å². The van der Waals surface area contributed by atoms with Crippen LogP contribution in [0.1, 0.15) is 53.1 Å². The fourth-order valence-electron chi connectivity index (χ4n) is 4.17. The molecule has 3 rings (SSSR count). The molecule has 0 spiro atoms. The normalized spacial score (nSPS) is 17.2. The number of carbonyl (C=O) groups is 1. The van der Waals surface area contributed by atoms with Crippen molar-refractivity contribution in [2.45, 2.75) is 51.1 Å². The van der Waals surface area contributed by atoms with Crippen LogP contribution in [0.15, 0.2) is 36.4 Å². The third-order valence-corrected chi connectivity index (χ3v) is 5.73. The van der Waals surface area contributed by atoms with E-state index in [1.165, 1.54) is 19.2 Å². The van der Waals surface area contributed by atoms with E-state index < -0.39 is 41.9 Å². The molecule has 1 aliphatic rings. The molecule has 0 aliphatic carbocycles. The second-order valence-electron chi connectivity index (χ2n) is 8.26. The van der Waals surface area contributed by atoms with Crippen molar-refractivity contribution in [3.05, 3.63) is 70.0 Å². The maximum absolute atomic E-state index is 13.5. The van der Waals surface area contributed by atoms with Gasteiger partial charge in [0.15, 0.2) is 0 Å². The molecule has 2 aromatic rings. The summed E-state index contributed by atoms with van der Waals surface area (Å²) < 4.78 is 92.4. The minimum atomic E-state index is -4.96. The lowest BCUT2D eigenvalue weighted by Crippen LogP contribution is -2.45. The maximum atomic E-state index is 13.5. The van der Waals surface area contributed by atoms with E-state index in [0.717, 1.165) is 16.9 Å². The molecule has 2 aromatic carbocycles. The summed E-state index contributed by atoms with van der Waals surface area (Å²) >= 11 is 0. The number of carbonyl (C=O) groups excluding carboxylic acids is 1. The number of piperidine rings is 1. The average Bonchev–Trinajstić information content (AvgIpc) is 2.72. The van der Waals surface area contributed by atoms with Gasteiger partial charge in [-0.05, 0) is 73.2 Å². The lowest BCUT2D eigenvalue weighted by atomic mass is 9.92. The van der Waals surface area contributed by atoms with E-state index in [9.17, 15) is 35.5 Å². The first kappa shape index (κ1) is 24.9. The van der Waals surface area contributed by atoms with Crippen LogP contribution in [0.5, 0.6) is 0 Å². The molecule has 0 bridgehead atoms. The monoisotopic (exact) mass is 476 g/mol. The number of alkyl halides is 6. The Labute approximate surface area is 186 Å². The van der Waals surface area contributed by atoms with Crippen molar-refractivity contribution in [1.82, 2.24) is 9.80 Å². The molecule has 0 saturated carbocycles. The summed E-state index contributed by atoms with van der Waals surface area (Å²) in [5.74, 6) is -0.410. The van der Waals surface area contributed by atoms with Crippen LogP contribution in [0, 0.1) is 12.7 Å². The van der Waals surface area contributed by atoms with Gasteiger partial charge in [-0.15, -0.1) is 0 Å². The summed E-state index contributed by atoms with van der Waals surface area (Å²) in [5, 5.41) is 0. The number of hydrogen-bond donors (Lipinski definition) is 0. The predicted octanol–water partition coefficient (Wildman–Crippen LogP) is 6.95. The van der Waals surface area contributed by atoms with Gasteiger partial charge in [0.25, 0.3) is 0 Å². The summed E-state index contributed by atoms with van der Waals surface area (Å²) in [6.07, 6.45) is -7.77. The summed E-state index contributed by atoms with van der Waals surface area (Å²) in [6.45, 7) is 1.67. The lowest BCUT2D eigenvalue weighted by molar-refractivity contribution is -0.143. The van der Waals surface area contributed by atoms with Crippen LogP contribution in [0.3, 0.4) is 0 Å². The number of nitrogens with zero attached hydrogens (tertiary/aromatic N) is 2. The third kappa shape index (κ3) is 5.78. The Morgan fingerprint density at radius 3 is 2.15 bits per heavy atom. The summed E-state index contributed by atoms with van der Waals surface area (Å²) in [4.78, 5) is 15.8. The van der Waals surface area contributed by atoms with Crippen molar-refractivity contribution < 1.29 is 35.5 Å². The molecule has 0 aromatic heterocycles. The summed E-state index contributed by atoms with van der Waals surface area (Å²) in [7, 11) is 1.33. The Hall–Kier alpha value is -2.78. The van der Waals surface area contributed by atoms with Gasteiger partial charge >= 0.3 is 18.4 Å². The smallest absolute Gasteiger partial charge is 0.323 e. The molecule has 1 unspecified atom stereocenters. The Morgan fingerprint density at radius 2 is 1.61 bits per heavy atom. The van der Waals surface area contributed by atoms with E-state index in [-0.39, 0.29) is 17.7 Å². The second-order valence-corrected chi connectivity index (χ2v) is 8.26. The largest absolute Gasteiger partial charge is 0.416 e. The zero-order valence-corrected chi connectivity index (χ0v) is 18.0. The first-order valence-electron chi connectivity index (χ1n) is 10.3. The summed E-state index contributed by atoms with van der Waals surface area (Å²) in [5.41, 5.74) is -1.71. The molecule has 10 heteroatoms. The lowest BCUT2D eigenvalue weighted by Gasteiger charge is -2.39. The Balaban J connectivity index is 1.87. The highest BCUT2D eigenvalue weighted by Crippen LogP contribution is 2.37. The van der Waals surface area contributed by atoms with E-state index in [2.05, 4.69) is 0 Å². The van der Waals surface area contributed by atoms with Crippen LogP contribution >= 0.6 is 0 Å². The molecule has 33 heavy (non-hydrogen) atoms. The van der Waals surface area contributed by atoms with Gasteiger partial charge in [-0.1, -0.05) is 6.07 Å². The zero-order valence-electron chi connectivity index (χ0n) is 18.0. The number of amides is 2. The fourth-order valence-corrected chi connectivity index (χ4v) is 4.17. The molecule has 0 radical (unpaired) electrons. The van der Waals surface area contributed by atoms with Gasteiger partial charge in [0, 0.05) is 20.1 Å². The molecule has 1 atom stereocenters. The topological polar surface area (TPSA) is 23.6 Å². The predicted molar refractivity (Wildman–Crippen MR) is 108 cm³/mol. The highest BCUT2D eigenvalue weighted by molar-refractivity contribution is 5.75. The van der Waals surface area contributed by atoms with Crippen LogP contribution in [0.4, 0.5) is 35.5 Å². The molecule has 0 N–H and O–H groups in total. The van der Waals surface area contributed by atoms with E-state index >= 15 is 0 Å². The maximum Gasteiger partial charge on any atom is 0.416 e. The van der Waals surface area contributed by atoms with Crippen LogP contribution in [0.25, 0.3) is 0 Å². The Kier molecular flexibility index (Phi) is 6.95. The van der Waals surface area contributed by atoms with Gasteiger partial charge in [0.1, 0.15) is 5.82 Å². The number of rotatable bonds is 3. The number of urea groups is 1. The molecular weight excluding hydrogens is 453 g/mol. The number of hydrogen-bond acceptors (Lipinski definition) is 1. The minimum absolute atomic E-state index is 0.0588. The van der Waals surface area contributed by atoms with Crippen LogP contribution < -0.4 is 0 Å². The van der Waals surface area contributed by atoms with Crippen molar-refractivity contribution in [2.24, 2.45) is 0 Å². The first-order chi connectivity index (χ1) is 15.3. The van der Waals surface area contributed by atoms with Gasteiger partial charge in [-0.2, -0.15) is 26.3 Å². The van der Waals surface area contributed by atoms with Crippen molar-refractivity contribution in [2.75, 3.05) is 13.6 Å². The van der Waals surface area contributed by atoms with Gasteiger partial charge in [-0.3, -0.25) is 0 Å². The average molecular weight is 476 g/mol. The van der Waals surface area contributed by atoms with E-state index in [1.54, 1.807) is 17.9 Å². The molecule has 1 aliphatic heterocycles. The summed E-state index contributed by atoms with van der Waals surface area (Å²) in [6, 6.07) is 4.68.